The lowest BCUT2D eigenvalue weighted by molar-refractivity contribution is -0.135. The first-order valence-corrected chi connectivity index (χ1v) is 8.61. The first-order valence-electron chi connectivity index (χ1n) is 7.45. The highest BCUT2D eigenvalue weighted by Crippen LogP contribution is 2.24. The number of hydrogen-bond acceptors (Lipinski definition) is 3. The molecule has 2 saturated heterocycles. The van der Waals surface area contributed by atoms with Gasteiger partial charge >= 0.3 is 0 Å². The number of benzene rings is 1. The van der Waals surface area contributed by atoms with Crippen molar-refractivity contribution in [1.82, 2.24) is 10.2 Å². The maximum Gasteiger partial charge on any atom is 0.245 e. The molecule has 2 aliphatic rings. The fraction of sp³-hybridized carbons (Fsp3) is 0.500. The average Bonchev–Trinajstić information content (AvgIpc) is 2.97. The van der Waals surface area contributed by atoms with E-state index < -0.39 is 6.04 Å². The van der Waals surface area contributed by atoms with Gasteiger partial charge in [-0.05, 0) is 17.7 Å². The molecule has 2 atom stereocenters. The van der Waals surface area contributed by atoms with E-state index in [4.69, 9.17) is 0 Å². The number of rotatable bonds is 3. The Balaban J connectivity index is 1.76. The lowest BCUT2D eigenvalue weighted by Gasteiger charge is -2.29. The van der Waals surface area contributed by atoms with Crippen molar-refractivity contribution in [2.24, 2.45) is 0 Å². The summed E-state index contributed by atoms with van der Waals surface area (Å²) in [6.07, 6.45) is 2.03. The molecule has 1 N–H and O–H groups in total. The minimum Gasteiger partial charge on any atom is -0.344 e. The van der Waals surface area contributed by atoms with Gasteiger partial charge in [-0.15, -0.1) is 0 Å². The van der Waals surface area contributed by atoms with Crippen LogP contribution in [-0.2, 0) is 16.0 Å². The second-order valence-corrected chi connectivity index (χ2v) is 6.76. The van der Waals surface area contributed by atoms with Crippen molar-refractivity contribution in [3.05, 3.63) is 35.9 Å². The Morgan fingerprint density at radius 3 is 2.76 bits per heavy atom. The summed E-state index contributed by atoms with van der Waals surface area (Å²) in [4.78, 5) is 26.6. The Morgan fingerprint density at radius 1 is 1.24 bits per heavy atom. The highest BCUT2D eigenvalue weighted by atomic mass is 32.2. The standard InChI is InChI=1S/C16H20N2O2S/c19-15-6-8-18(13-7-9-21-11-13)16(20)14(17-15)10-12-4-2-1-3-5-12/h1-5,13-14H,6-11H2,(H,17,19). The van der Waals surface area contributed by atoms with Gasteiger partial charge in [0.15, 0.2) is 0 Å². The van der Waals surface area contributed by atoms with Crippen molar-refractivity contribution in [2.45, 2.75) is 31.3 Å². The number of carbonyl (C=O) groups is 2. The van der Waals surface area contributed by atoms with Gasteiger partial charge in [-0.2, -0.15) is 11.8 Å². The Morgan fingerprint density at radius 2 is 2.05 bits per heavy atom. The number of amides is 2. The Hall–Kier alpha value is -1.49. The minimum atomic E-state index is -0.423. The van der Waals surface area contributed by atoms with Crippen LogP contribution in [0.3, 0.4) is 0 Å². The smallest absolute Gasteiger partial charge is 0.245 e. The third-order valence-corrected chi connectivity index (χ3v) is 5.27. The molecule has 2 amide bonds. The summed E-state index contributed by atoms with van der Waals surface area (Å²) >= 11 is 1.89. The van der Waals surface area contributed by atoms with Crippen molar-refractivity contribution in [2.75, 3.05) is 18.1 Å². The van der Waals surface area contributed by atoms with Crippen molar-refractivity contribution >= 4 is 23.6 Å². The summed E-state index contributed by atoms with van der Waals surface area (Å²) in [6, 6.07) is 9.76. The zero-order valence-electron chi connectivity index (χ0n) is 12.0. The first kappa shape index (κ1) is 14.4. The van der Waals surface area contributed by atoms with Crippen LogP contribution in [0.2, 0.25) is 0 Å². The van der Waals surface area contributed by atoms with Crippen molar-refractivity contribution in [3.8, 4) is 0 Å². The fourth-order valence-electron chi connectivity index (χ4n) is 2.98. The van der Waals surface area contributed by atoms with Gasteiger partial charge in [0.05, 0.1) is 0 Å². The second kappa shape index (κ2) is 6.52. The van der Waals surface area contributed by atoms with E-state index in [0.29, 0.717) is 25.4 Å². The molecule has 0 aromatic heterocycles. The summed E-state index contributed by atoms with van der Waals surface area (Å²) in [6.45, 7) is 0.557. The molecule has 0 bridgehead atoms. The van der Waals surface area contributed by atoms with Crippen LogP contribution >= 0.6 is 11.8 Å². The van der Waals surface area contributed by atoms with E-state index in [1.165, 1.54) is 0 Å². The predicted molar refractivity (Wildman–Crippen MR) is 84.1 cm³/mol. The lowest BCUT2D eigenvalue weighted by Crippen LogP contribution is -2.49. The van der Waals surface area contributed by atoms with Gasteiger partial charge < -0.3 is 10.2 Å². The molecule has 0 radical (unpaired) electrons. The SMILES string of the molecule is O=C1CCN(C2CCSC2)C(=O)C(Cc2ccccc2)N1. The van der Waals surface area contributed by atoms with E-state index in [1.54, 1.807) is 0 Å². The van der Waals surface area contributed by atoms with Crippen LogP contribution in [0.1, 0.15) is 18.4 Å². The van der Waals surface area contributed by atoms with Crippen LogP contribution in [0, 0.1) is 0 Å². The molecule has 5 heteroatoms. The molecule has 2 heterocycles. The van der Waals surface area contributed by atoms with Gasteiger partial charge in [0.25, 0.3) is 0 Å². The van der Waals surface area contributed by atoms with Crippen LogP contribution < -0.4 is 5.32 Å². The fourth-order valence-corrected chi connectivity index (χ4v) is 4.20. The number of thioether (sulfide) groups is 1. The van der Waals surface area contributed by atoms with E-state index in [0.717, 1.165) is 23.5 Å². The lowest BCUT2D eigenvalue weighted by atomic mass is 10.0. The van der Waals surface area contributed by atoms with E-state index in [-0.39, 0.29) is 11.8 Å². The summed E-state index contributed by atoms with van der Waals surface area (Å²) in [5.41, 5.74) is 1.08. The summed E-state index contributed by atoms with van der Waals surface area (Å²) in [5.74, 6) is 2.17. The molecule has 0 aliphatic carbocycles. The minimum absolute atomic E-state index is 0.0163. The Labute approximate surface area is 129 Å². The Kier molecular flexibility index (Phi) is 4.48. The van der Waals surface area contributed by atoms with Gasteiger partial charge in [0.1, 0.15) is 6.04 Å². The maximum atomic E-state index is 12.8. The molecule has 2 aliphatic heterocycles. The van der Waals surface area contributed by atoms with Crippen LogP contribution in [0.5, 0.6) is 0 Å². The number of nitrogens with zero attached hydrogens (tertiary/aromatic N) is 1. The van der Waals surface area contributed by atoms with Crippen LogP contribution in [-0.4, -0.2) is 46.8 Å². The molecular weight excluding hydrogens is 284 g/mol. The molecule has 0 saturated carbocycles. The van der Waals surface area contributed by atoms with Crippen molar-refractivity contribution < 1.29 is 9.59 Å². The maximum absolute atomic E-state index is 12.8. The monoisotopic (exact) mass is 304 g/mol. The van der Waals surface area contributed by atoms with Gasteiger partial charge in [-0.25, -0.2) is 0 Å². The second-order valence-electron chi connectivity index (χ2n) is 5.61. The third kappa shape index (κ3) is 3.40. The van der Waals surface area contributed by atoms with E-state index in [1.807, 2.05) is 47.0 Å². The first-order chi connectivity index (χ1) is 10.2. The van der Waals surface area contributed by atoms with E-state index >= 15 is 0 Å². The van der Waals surface area contributed by atoms with Gasteiger partial charge in [0, 0.05) is 31.2 Å². The van der Waals surface area contributed by atoms with Gasteiger partial charge in [-0.1, -0.05) is 30.3 Å². The molecular formula is C16H20N2O2S. The number of carbonyl (C=O) groups excluding carboxylic acids is 2. The molecule has 3 rings (SSSR count). The third-order valence-electron chi connectivity index (χ3n) is 4.13. The molecule has 2 fully saturated rings. The molecule has 1 aromatic carbocycles. The average molecular weight is 304 g/mol. The van der Waals surface area contributed by atoms with E-state index in [2.05, 4.69) is 5.32 Å². The summed E-state index contributed by atoms with van der Waals surface area (Å²) < 4.78 is 0. The zero-order valence-corrected chi connectivity index (χ0v) is 12.8. The number of hydrogen-bond donors (Lipinski definition) is 1. The summed E-state index contributed by atoms with van der Waals surface area (Å²) in [5, 5.41) is 2.89. The van der Waals surface area contributed by atoms with Crippen molar-refractivity contribution in [1.29, 1.82) is 0 Å². The molecule has 0 spiro atoms. The normalized spacial score (nSPS) is 26.6. The molecule has 4 nitrogen and oxygen atoms in total. The zero-order chi connectivity index (χ0) is 14.7. The molecule has 2 unspecified atom stereocenters. The topological polar surface area (TPSA) is 49.4 Å². The van der Waals surface area contributed by atoms with Crippen LogP contribution in [0.15, 0.2) is 30.3 Å². The molecule has 112 valence electrons. The van der Waals surface area contributed by atoms with E-state index in [9.17, 15) is 9.59 Å². The highest BCUT2D eigenvalue weighted by molar-refractivity contribution is 7.99. The predicted octanol–water partition coefficient (Wildman–Crippen LogP) is 1.45. The summed E-state index contributed by atoms with van der Waals surface area (Å²) in [7, 11) is 0. The number of nitrogens with one attached hydrogen (secondary N) is 1. The molecule has 1 aromatic rings. The Bertz CT molecular complexity index is 514. The van der Waals surface area contributed by atoms with Gasteiger partial charge in [-0.3, -0.25) is 9.59 Å². The largest absolute Gasteiger partial charge is 0.344 e. The van der Waals surface area contributed by atoms with Crippen molar-refractivity contribution in [3.63, 3.8) is 0 Å². The van der Waals surface area contributed by atoms with Gasteiger partial charge in [0.2, 0.25) is 11.8 Å². The molecule has 21 heavy (non-hydrogen) atoms. The van der Waals surface area contributed by atoms with Crippen LogP contribution in [0.25, 0.3) is 0 Å². The highest BCUT2D eigenvalue weighted by Gasteiger charge is 2.35. The quantitative estimate of drug-likeness (QED) is 0.919. The van der Waals surface area contributed by atoms with Crippen LogP contribution in [0.4, 0.5) is 0 Å².